The van der Waals surface area contributed by atoms with Gasteiger partial charge < -0.3 is 25.0 Å². The third kappa shape index (κ3) is 4.24. The van der Waals surface area contributed by atoms with Crippen LogP contribution in [0.25, 0.3) is 0 Å². The number of amides is 2. The number of likely N-dealkylation sites (tertiary alicyclic amines) is 1. The van der Waals surface area contributed by atoms with Crippen LogP contribution in [0.4, 0.5) is 29.5 Å². The number of ether oxygens (including phenoxy) is 1. The quantitative estimate of drug-likeness (QED) is 0.818. The van der Waals surface area contributed by atoms with E-state index in [9.17, 15) is 22.8 Å². The molecule has 0 aromatic carbocycles. The van der Waals surface area contributed by atoms with Gasteiger partial charge in [0.05, 0.1) is 30.7 Å². The summed E-state index contributed by atoms with van der Waals surface area (Å²) in [6.07, 6.45) is -3.14. The Morgan fingerprint density at radius 1 is 1.26 bits per heavy atom. The second kappa shape index (κ2) is 7.59. The molecule has 0 unspecified atom stereocenters. The summed E-state index contributed by atoms with van der Waals surface area (Å²) in [5, 5.41) is 11.6. The van der Waals surface area contributed by atoms with E-state index in [1.54, 1.807) is 18.3 Å². The Kier molecular flexibility index (Phi) is 5.40. The summed E-state index contributed by atoms with van der Waals surface area (Å²) in [6, 6.07) is 2.42. The summed E-state index contributed by atoms with van der Waals surface area (Å²) in [7, 11) is 0. The molecule has 2 N–H and O–H groups in total. The van der Waals surface area contributed by atoms with Gasteiger partial charge in [0.15, 0.2) is 5.82 Å². The molecule has 3 rings (SSSR count). The smallest absolute Gasteiger partial charge is 0.394 e. The van der Waals surface area contributed by atoms with E-state index in [1.165, 1.54) is 0 Å². The van der Waals surface area contributed by atoms with Crippen LogP contribution in [0.1, 0.15) is 0 Å². The number of hydrogen-bond donors (Lipinski definition) is 2. The number of carbonyl (C=O) groups is 2. The molecule has 0 saturated carbocycles. The topological polar surface area (TPSA) is 95.0 Å². The number of alkyl halides is 3. The number of carboxylic acid groups (broad SMARTS) is 1. The number of hydrogen-bond acceptors (Lipinski definition) is 5. The number of carboxylic acids is 1. The fraction of sp³-hybridized carbons (Fsp3) is 0.562. The predicted molar refractivity (Wildman–Crippen MR) is 88.5 cm³/mol. The van der Waals surface area contributed by atoms with E-state index in [0.717, 1.165) is 4.90 Å². The lowest BCUT2D eigenvalue weighted by molar-refractivity contribution is -0.187. The van der Waals surface area contributed by atoms with Crippen LogP contribution < -0.4 is 10.2 Å². The Balaban J connectivity index is 1.74. The Morgan fingerprint density at radius 2 is 1.96 bits per heavy atom. The Bertz CT molecular complexity index is 709. The van der Waals surface area contributed by atoms with Gasteiger partial charge in [0.2, 0.25) is 0 Å². The molecule has 148 valence electrons. The summed E-state index contributed by atoms with van der Waals surface area (Å²) in [5.41, 5.74) is 0.353. The minimum absolute atomic E-state index is 0.353. The molecule has 0 bridgehead atoms. The molecule has 1 aromatic heterocycles. The number of aliphatic carboxylic acids is 1. The number of rotatable bonds is 3. The Hall–Kier alpha value is -2.56. The number of pyridine rings is 1. The fourth-order valence-corrected chi connectivity index (χ4v) is 3.27. The SMILES string of the molecule is O=C(O)[C@@H]1CN(C(=O)Nc2cccnc2N2CCOCC2)C[C@H]1C(F)(F)F. The van der Waals surface area contributed by atoms with Crippen molar-refractivity contribution in [3.63, 3.8) is 0 Å². The highest BCUT2D eigenvalue weighted by atomic mass is 19.4. The van der Waals surface area contributed by atoms with Crippen LogP contribution in [0.5, 0.6) is 0 Å². The lowest BCUT2D eigenvalue weighted by Gasteiger charge is -2.29. The van der Waals surface area contributed by atoms with Gasteiger partial charge in [0.1, 0.15) is 0 Å². The molecule has 2 fully saturated rings. The van der Waals surface area contributed by atoms with Crippen LogP contribution in [-0.4, -0.2) is 72.6 Å². The number of carbonyl (C=O) groups excluding carboxylic acids is 1. The minimum atomic E-state index is -4.69. The molecule has 0 aliphatic carbocycles. The third-order valence-corrected chi connectivity index (χ3v) is 4.68. The van der Waals surface area contributed by atoms with Gasteiger partial charge in [-0.25, -0.2) is 9.78 Å². The van der Waals surface area contributed by atoms with Gasteiger partial charge in [-0.2, -0.15) is 13.2 Å². The van der Waals surface area contributed by atoms with Crippen molar-refractivity contribution in [1.82, 2.24) is 9.88 Å². The summed E-state index contributed by atoms with van der Waals surface area (Å²) in [4.78, 5) is 30.7. The average Bonchev–Trinajstić information content (AvgIpc) is 3.09. The van der Waals surface area contributed by atoms with Gasteiger partial charge >= 0.3 is 18.2 Å². The molecule has 2 amide bonds. The van der Waals surface area contributed by atoms with Crippen LogP contribution in [0.3, 0.4) is 0 Å². The molecule has 2 saturated heterocycles. The lowest BCUT2D eigenvalue weighted by Crippen LogP contribution is -2.38. The fourth-order valence-electron chi connectivity index (χ4n) is 3.27. The normalized spacial score (nSPS) is 23.4. The lowest BCUT2D eigenvalue weighted by atomic mass is 9.96. The number of nitrogens with zero attached hydrogens (tertiary/aromatic N) is 3. The highest BCUT2D eigenvalue weighted by Crippen LogP contribution is 2.38. The molecule has 27 heavy (non-hydrogen) atoms. The van der Waals surface area contributed by atoms with Crippen LogP contribution in [0.2, 0.25) is 0 Å². The average molecular weight is 388 g/mol. The van der Waals surface area contributed by atoms with Crippen molar-refractivity contribution in [3.8, 4) is 0 Å². The van der Waals surface area contributed by atoms with Gasteiger partial charge in [-0.3, -0.25) is 4.79 Å². The van der Waals surface area contributed by atoms with Crippen LogP contribution in [0, 0.1) is 11.8 Å². The maximum atomic E-state index is 13.1. The first-order valence-corrected chi connectivity index (χ1v) is 8.40. The highest BCUT2D eigenvalue weighted by Gasteiger charge is 2.53. The Labute approximate surface area is 152 Å². The maximum absolute atomic E-state index is 13.1. The number of urea groups is 1. The largest absolute Gasteiger partial charge is 0.481 e. The van der Waals surface area contributed by atoms with E-state index in [0.29, 0.717) is 37.8 Å². The zero-order valence-corrected chi connectivity index (χ0v) is 14.3. The van der Waals surface area contributed by atoms with Gasteiger partial charge in [-0.05, 0) is 12.1 Å². The number of nitrogens with one attached hydrogen (secondary N) is 1. The molecule has 2 atom stereocenters. The molecule has 2 aliphatic rings. The minimum Gasteiger partial charge on any atom is -0.481 e. The summed E-state index contributed by atoms with van der Waals surface area (Å²) in [6.45, 7) is 0.951. The molecule has 0 spiro atoms. The molecular weight excluding hydrogens is 369 g/mol. The monoisotopic (exact) mass is 388 g/mol. The standard InChI is InChI=1S/C16H19F3N4O4/c17-16(18,19)11-9-23(8-10(11)14(24)25)15(26)21-12-2-1-3-20-13(12)22-4-6-27-7-5-22/h1-3,10-11H,4-9H2,(H,21,26)(H,24,25)/t10-,11-/m1/s1. The van der Waals surface area contributed by atoms with Crippen molar-refractivity contribution in [1.29, 1.82) is 0 Å². The summed E-state index contributed by atoms with van der Waals surface area (Å²) >= 11 is 0. The predicted octanol–water partition coefficient (Wildman–Crippen LogP) is 1.64. The van der Waals surface area contributed by atoms with E-state index >= 15 is 0 Å². The zero-order valence-electron chi connectivity index (χ0n) is 14.3. The second-order valence-corrected chi connectivity index (χ2v) is 6.40. The number of aromatic nitrogens is 1. The number of anilines is 2. The van der Waals surface area contributed by atoms with Crippen LogP contribution in [-0.2, 0) is 9.53 Å². The summed E-state index contributed by atoms with van der Waals surface area (Å²) in [5.74, 6) is -4.84. The molecule has 11 heteroatoms. The Morgan fingerprint density at radius 3 is 2.56 bits per heavy atom. The van der Waals surface area contributed by atoms with Crippen molar-refractivity contribution in [2.45, 2.75) is 6.18 Å². The molecule has 1 aromatic rings. The van der Waals surface area contributed by atoms with E-state index in [1.807, 2.05) is 4.90 Å². The van der Waals surface area contributed by atoms with Crippen LogP contribution in [0.15, 0.2) is 18.3 Å². The van der Waals surface area contributed by atoms with Gasteiger partial charge in [0, 0.05) is 32.4 Å². The molecule has 3 heterocycles. The molecular formula is C16H19F3N4O4. The van der Waals surface area contributed by atoms with E-state index in [-0.39, 0.29) is 0 Å². The molecule has 8 nitrogen and oxygen atoms in total. The van der Waals surface area contributed by atoms with Crippen molar-refractivity contribution in [3.05, 3.63) is 18.3 Å². The number of morpholine rings is 1. The molecule has 2 aliphatic heterocycles. The van der Waals surface area contributed by atoms with E-state index < -0.39 is 43.1 Å². The van der Waals surface area contributed by atoms with Crippen molar-refractivity contribution >= 4 is 23.5 Å². The van der Waals surface area contributed by atoms with Gasteiger partial charge in [-0.1, -0.05) is 0 Å². The first-order chi connectivity index (χ1) is 12.8. The maximum Gasteiger partial charge on any atom is 0.394 e. The first-order valence-electron chi connectivity index (χ1n) is 8.40. The van der Waals surface area contributed by atoms with E-state index in [2.05, 4.69) is 10.3 Å². The highest BCUT2D eigenvalue weighted by molar-refractivity contribution is 5.93. The van der Waals surface area contributed by atoms with Crippen molar-refractivity contribution in [2.24, 2.45) is 11.8 Å². The van der Waals surface area contributed by atoms with Crippen molar-refractivity contribution < 1.29 is 32.6 Å². The first kappa shape index (κ1) is 19.2. The van der Waals surface area contributed by atoms with Crippen LogP contribution >= 0.6 is 0 Å². The summed E-state index contributed by atoms with van der Waals surface area (Å²) < 4.78 is 44.5. The zero-order chi connectivity index (χ0) is 19.6. The second-order valence-electron chi connectivity index (χ2n) is 6.40. The number of halogens is 3. The van der Waals surface area contributed by atoms with E-state index in [4.69, 9.17) is 9.84 Å². The molecule has 0 radical (unpaired) electrons. The van der Waals surface area contributed by atoms with Gasteiger partial charge in [0.25, 0.3) is 0 Å². The van der Waals surface area contributed by atoms with Gasteiger partial charge in [-0.15, -0.1) is 0 Å². The van der Waals surface area contributed by atoms with Crippen molar-refractivity contribution in [2.75, 3.05) is 49.6 Å². The third-order valence-electron chi connectivity index (χ3n) is 4.68.